The number of carbonyl (C=O) groups excluding carboxylic acids is 1. The van der Waals surface area contributed by atoms with Gasteiger partial charge in [0, 0.05) is 6.42 Å². The first-order valence-corrected chi connectivity index (χ1v) is 6.17. The maximum Gasteiger partial charge on any atom is 0.339 e. The summed E-state index contributed by atoms with van der Waals surface area (Å²) in [6.45, 7) is 6.11. The van der Waals surface area contributed by atoms with Crippen molar-refractivity contribution in [3.05, 3.63) is 11.3 Å². The first kappa shape index (κ1) is 14.0. The molecule has 0 unspecified atom stereocenters. The Labute approximate surface area is 103 Å². The third kappa shape index (κ3) is 3.22. The monoisotopic (exact) mass is 242 g/mol. The number of aliphatic hydroxyl groups is 1. The Balaban J connectivity index is 2.96. The molecule has 98 valence electrons. The fourth-order valence-corrected chi connectivity index (χ4v) is 2.04. The lowest BCUT2D eigenvalue weighted by molar-refractivity contribution is -0.140. The van der Waals surface area contributed by atoms with Gasteiger partial charge in [0.05, 0.1) is 19.3 Å². The molecule has 0 aromatic rings. The second kappa shape index (κ2) is 6.05. The highest BCUT2D eigenvalue weighted by atomic mass is 16.5. The number of hydrogen-bond acceptors (Lipinski definition) is 4. The van der Waals surface area contributed by atoms with E-state index in [-0.39, 0.29) is 18.0 Å². The van der Waals surface area contributed by atoms with E-state index in [1.807, 2.05) is 20.8 Å². The molecule has 17 heavy (non-hydrogen) atoms. The molecule has 0 spiro atoms. The van der Waals surface area contributed by atoms with E-state index in [1.54, 1.807) is 0 Å². The molecule has 0 amide bonds. The van der Waals surface area contributed by atoms with E-state index in [9.17, 15) is 9.90 Å². The third-order valence-corrected chi connectivity index (χ3v) is 3.07. The number of aliphatic hydroxyl groups excluding tert-OH is 1. The van der Waals surface area contributed by atoms with E-state index < -0.39 is 5.97 Å². The molecular formula is C13H22O4. The van der Waals surface area contributed by atoms with E-state index in [4.69, 9.17) is 9.47 Å². The summed E-state index contributed by atoms with van der Waals surface area (Å²) in [5.74, 6) is -0.0425. The molecule has 4 nitrogen and oxygen atoms in total. The van der Waals surface area contributed by atoms with Crippen molar-refractivity contribution < 1.29 is 19.4 Å². The van der Waals surface area contributed by atoms with Crippen molar-refractivity contribution in [2.75, 3.05) is 7.11 Å². The van der Waals surface area contributed by atoms with Crippen molar-refractivity contribution in [2.45, 2.75) is 52.2 Å². The van der Waals surface area contributed by atoms with Crippen LogP contribution in [0.3, 0.4) is 0 Å². The fraction of sp³-hybridized carbons (Fsp3) is 0.769. The maximum absolute atomic E-state index is 11.6. The van der Waals surface area contributed by atoms with Crippen molar-refractivity contribution in [1.29, 1.82) is 0 Å². The van der Waals surface area contributed by atoms with Gasteiger partial charge in [-0.1, -0.05) is 27.2 Å². The summed E-state index contributed by atoms with van der Waals surface area (Å²) >= 11 is 0. The van der Waals surface area contributed by atoms with Crippen LogP contribution < -0.4 is 0 Å². The maximum atomic E-state index is 11.6. The van der Waals surface area contributed by atoms with Crippen LogP contribution in [0.25, 0.3) is 0 Å². The average Bonchev–Trinajstić information content (AvgIpc) is 2.28. The average molecular weight is 242 g/mol. The number of carbonyl (C=O) groups is 1. The van der Waals surface area contributed by atoms with Crippen LogP contribution in [-0.2, 0) is 14.3 Å². The number of hydrogen-bond donors (Lipinski definition) is 1. The first-order valence-electron chi connectivity index (χ1n) is 6.17. The van der Waals surface area contributed by atoms with Crippen LogP contribution in [0.15, 0.2) is 11.3 Å². The van der Waals surface area contributed by atoms with Crippen molar-refractivity contribution in [3.63, 3.8) is 0 Å². The van der Waals surface area contributed by atoms with Gasteiger partial charge in [0.1, 0.15) is 11.3 Å². The lowest BCUT2D eigenvalue weighted by Crippen LogP contribution is -2.36. The summed E-state index contributed by atoms with van der Waals surface area (Å²) in [7, 11) is 1.32. The minimum atomic E-state index is -0.483. The third-order valence-electron chi connectivity index (χ3n) is 3.07. The van der Waals surface area contributed by atoms with Gasteiger partial charge in [-0.05, 0) is 12.3 Å². The van der Waals surface area contributed by atoms with Crippen LogP contribution >= 0.6 is 0 Å². The molecule has 4 heteroatoms. The standard InChI is InChI=1S/C13H22O4/c1-5-6-10-12(13(15)16-4)9(14)7-11(17-10)8(2)3/h8,10-11,14H,5-7H2,1-4H3/t10-,11+/m1/s1. The van der Waals surface area contributed by atoms with Crippen LogP contribution in [0.4, 0.5) is 0 Å². The molecule has 1 heterocycles. The quantitative estimate of drug-likeness (QED) is 0.770. The van der Waals surface area contributed by atoms with Crippen molar-refractivity contribution >= 4 is 5.97 Å². The summed E-state index contributed by atoms with van der Waals surface area (Å²) in [5.41, 5.74) is 0.297. The molecule has 0 saturated carbocycles. The van der Waals surface area contributed by atoms with Gasteiger partial charge in [0.25, 0.3) is 0 Å². The summed E-state index contributed by atoms with van der Waals surface area (Å²) in [6, 6.07) is 0. The van der Waals surface area contributed by atoms with Crippen LogP contribution in [-0.4, -0.2) is 30.4 Å². The second-order valence-corrected chi connectivity index (χ2v) is 4.75. The Hall–Kier alpha value is -1.03. The zero-order chi connectivity index (χ0) is 13.0. The largest absolute Gasteiger partial charge is 0.512 e. The predicted molar refractivity (Wildman–Crippen MR) is 64.7 cm³/mol. The molecular weight excluding hydrogens is 220 g/mol. The van der Waals surface area contributed by atoms with E-state index in [2.05, 4.69) is 0 Å². The van der Waals surface area contributed by atoms with Crippen molar-refractivity contribution in [3.8, 4) is 0 Å². The number of methoxy groups -OCH3 is 1. The van der Waals surface area contributed by atoms with E-state index >= 15 is 0 Å². The summed E-state index contributed by atoms with van der Waals surface area (Å²) in [6.07, 6.45) is 1.64. The molecule has 1 aliphatic rings. The Morgan fingerprint density at radius 1 is 1.59 bits per heavy atom. The molecule has 0 fully saturated rings. The zero-order valence-electron chi connectivity index (χ0n) is 11.0. The highest BCUT2D eigenvalue weighted by Gasteiger charge is 2.35. The zero-order valence-corrected chi connectivity index (χ0v) is 11.0. The smallest absolute Gasteiger partial charge is 0.339 e. The van der Waals surface area contributed by atoms with Gasteiger partial charge in [-0.25, -0.2) is 4.79 Å². The molecule has 0 aromatic carbocycles. The van der Waals surface area contributed by atoms with E-state index in [0.29, 0.717) is 17.9 Å². The number of ether oxygens (including phenoxy) is 2. The van der Waals surface area contributed by atoms with Gasteiger partial charge in [-0.15, -0.1) is 0 Å². The highest BCUT2D eigenvalue weighted by molar-refractivity contribution is 5.90. The van der Waals surface area contributed by atoms with Crippen molar-refractivity contribution in [2.24, 2.45) is 5.92 Å². The normalized spacial score (nSPS) is 25.2. The summed E-state index contributed by atoms with van der Waals surface area (Å²) in [4.78, 5) is 11.6. The molecule has 0 aromatic heterocycles. The summed E-state index contributed by atoms with van der Waals surface area (Å²) < 4.78 is 10.6. The van der Waals surface area contributed by atoms with Gasteiger partial charge in [-0.2, -0.15) is 0 Å². The van der Waals surface area contributed by atoms with Gasteiger partial charge in [0.2, 0.25) is 0 Å². The molecule has 0 saturated heterocycles. The molecule has 0 aliphatic carbocycles. The van der Waals surface area contributed by atoms with Gasteiger partial charge >= 0.3 is 5.97 Å². The Bertz CT molecular complexity index is 307. The van der Waals surface area contributed by atoms with Gasteiger partial charge < -0.3 is 14.6 Å². The second-order valence-electron chi connectivity index (χ2n) is 4.75. The first-order chi connectivity index (χ1) is 8.01. The molecule has 1 N–H and O–H groups in total. The number of esters is 1. The minimum absolute atomic E-state index is 0.0278. The molecule has 2 atom stereocenters. The lowest BCUT2D eigenvalue weighted by Gasteiger charge is -2.33. The lowest BCUT2D eigenvalue weighted by atomic mass is 9.93. The van der Waals surface area contributed by atoms with Crippen LogP contribution in [0, 0.1) is 5.92 Å². The molecule has 1 rings (SSSR count). The van der Waals surface area contributed by atoms with Crippen molar-refractivity contribution in [1.82, 2.24) is 0 Å². The van der Waals surface area contributed by atoms with Crippen LogP contribution in [0.5, 0.6) is 0 Å². The minimum Gasteiger partial charge on any atom is -0.512 e. The molecule has 1 aliphatic heterocycles. The Morgan fingerprint density at radius 2 is 2.24 bits per heavy atom. The Kier molecular flexibility index (Phi) is 5.00. The van der Waals surface area contributed by atoms with E-state index in [0.717, 1.165) is 12.8 Å². The number of rotatable bonds is 4. The van der Waals surface area contributed by atoms with Crippen LogP contribution in [0.2, 0.25) is 0 Å². The highest BCUT2D eigenvalue weighted by Crippen LogP contribution is 2.30. The molecule has 0 radical (unpaired) electrons. The SMILES string of the molecule is CCC[C@H]1O[C@H](C(C)C)CC(O)=C1C(=O)OC. The molecule has 0 bridgehead atoms. The summed E-state index contributed by atoms with van der Waals surface area (Å²) in [5, 5.41) is 9.99. The fourth-order valence-electron chi connectivity index (χ4n) is 2.04. The van der Waals surface area contributed by atoms with E-state index in [1.165, 1.54) is 7.11 Å². The topological polar surface area (TPSA) is 55.8 Å². The van der Waals surface area contributed by atoms with Crippen LogP contribution in [0.1, 0.15) is 40.0 Å². The van der Waals surface area contributed by atoms with Gasteiger partial charge in [0.15, 0.2) is 0 Å². The Morgan fingerprint density at radius 3 is 2.71 bits per heavy atom. The predicted octanol–water partition coefficient (Wildman–Crippen LogP) is 2.59. The van der Waals surface area contributed by atoms with Gasteiger partial charge in [-0.3, -0.25) is 0 Å².